The zero-order valence-corrected chi connectivity index (χ0v) is 14.7. The van der Waals surface area contributed by atoms with Crippen LogP contribution in [0.25, 0.3) is 11.5 Å². The molecule has 0 bridgehead atoms. The second-order valence-corrected chi connectivity index (χ2v) is 6.27. The van der Waals surface area contributed by atoms with Crippen LogP contribution in [0, 0.1) is 11.3 Å². The van der Waals surface area contributed by atoms with Gasteiger partial charge in [0, 0.05) is 5.69 Å². The number of anilines is 2. The molecular formula is C19H15F3N4O2. The maximum absolute atomic E-state index is 12.7. The fourth-order valence-corrected chi connectivity index (χ4v) is 2.46. The number of nitrogens with one attached hydrogen (secondary N) is 1. The van der Waals surface area contributed by atoms with Crippen LogP contribution in [-0.2, 0) is 11.8 Å². The van der Waals surface area contributed by atoms with Gasteiger partial charge < -0.3 is 14.8 Å². The van der Waals surface area contributed by atoms with E-state index in [1.54, 1.807) is 24.3 Å². The fourth-order valence-electron chi connectivity index (χ4n) is 2.46. The van der Waals surface area contributed by atoms with Crippen molar-refractivity contribution in [2.45, 2.75) is 25.1 Å². The minimum absolute atomic E-state index is 0.100. The Morgan fingerprint density at radius 1 is 1.11 bits per heavy atom. The van der Waals surface area contributed by atoms with Crippen LogP contribution in [0.5, 0.6) is 0 Å². The molecule has 1 atom stereocenters. The first-order valence-electron chi connectivity index (χ1n) is 8.18. The molecule has 0 amide bonds. The van der Waals surface area contributed by atoms with Gasteiger partial charge in [-0.1, -0.05) is 12.1 Å². The number of halogens is 3. The molecule has 0 spiro atoms. The third-order valence-corrected chi connectivity index (χ3v) is 3.96. The number of alkyl halides is 3. The van der Waals surface area contributed by atoms with Gasteiger partial charge >= 0.3 is 6.18 Å². The van der Waals surface area contributed by atoms with Crippen molar-refractivity contribution in [3.8, 4) is 17.5 Å². The first-order valence-corrected chi connectivity index (χ1v) is 8.18. The van der Waals surface area contributed by atoms with Gasteiger partial charge in [-0.15, -0.1) is 10.2 Å². The summed E-state index contributed by atoms with van der Waals surface area (Å²) in [6.07, 6.45) is -4.63. The van der Waals surface area contributed by atoms with Gasteiger partial charge in [-0.05, 0) is 43.3 Å². The molecule has 1 aromatic heterocycles. The summed E-state index contributed by atoms with van der Waals surface area (Å²) >= 11 is 0. The molecule has 0 aliphatic carbocycles. The molecule has 9 heteroatoms. The third kappa shape index (κ3) is 4.13. The van der Waals surface area contributed by atoms with Gasteiger partial charge in [-0.25, -0.2) is 0 Å². The quantitative estimate of drug-likeness (QED) is 0.662. The molecule has 0 saturated carbocycles. The lowest BCUT2D eigenvalue weighted by molar-refractivity contribution is -0.137. The van der Waals surface area contributed by atoms with Crippen molar-refractivity contribution in [3.63, 3.8) is 0 Å². The van der Waals surface area contributed by atoms with Crippen LogP contribution >= 0.6 is 0 Å². The molecule has 0 radical (unpaired) electrons. The van der Waals surface area contributed by atoms with Crippen LogP contribution in [0.3, 0.4) is 0 Å². The van der Waals surface area contributed by atoms with E-state index < -0.39 is 17.3 Å². The van der Waals surface area contributed by atoms with Gasteiger partial charge in [0.25, 0.3) is 0 Å². The third-order valence-electron chi connectivity index (χ3n) is 3.96. The van der Waals surface area contributed by atoms with E-state index >= 15 is 0 Å². The van der Waals surface area contributed by atoms with E-state index in [-0.39, 0.29) is 18.2 Å². The second-order valence-electron chi connectivity index (χ2n) is 6.27. The Kier molecular flexibility index (Phi) is 5.07. The Hall–Kier alpha value is -3.38. The zero-order valence-electron chi connectivity index (χ0n) is 14.7. The molecule has 1 unspecified atom stereocenters. The number of aromatic nitrogens is 2. The molecule has 0 fully saturated rings. The molecule has 0 aliphatic heterocycles. The Morgan fingerprint density at radius 3 is 2.43 bits per heavy atom. The highest BCUT2D eigenvalue weighted by atomic mass is 19.4. The van der Waals surface area contributed by atoms with Crippen molar-refractivity contribution in [2.24, 2.45) is 0 Å². The molecule has 3 aromatic rings. The van der Waals surface area contributed by atoms with Gasteiger partial charge in [-0.3, -0.25) is 0 Å². The van der Waals surface area contributed by atoms with Crippen molar-refractivity contribution in [3.05, 3.63) is 60.0 Å². The average molecular weight is 388 g/mol. The van der Waals surface area contributed by atoms with E-state index in [0.717, 1.165) is 12.1 Å². The van der Waals surface area contributed by atoms with Crippen molar-refractivity contribution in [1.29, 1.82) is 5.26 Å². The van der Waals surface area contributed by atoms with Crippen LogP contribution in [0.4, 0.5) is 24.5 Å². The van der Waals surface area contributed by atoms with Gasteiger partial charge in [0.2, 0.25) is 11.8 Å². The van der Waals surface area contributed by atoms with Crippen molar-refractivity contribution >= 4 is 11.4 Å². The summed E-state index contributed by atoms with van der Waals surface area (Å²) in [5.74, 6) is -0.00314. The molecule has 0 saturated heterocycles. The lowest BCUT2D eigenvalue weighted by Gasteiger charge is -2.14. The topological polar surface area (TPSA) is 95.0 Å². The Bertz CT molecular complexity index is 1010. The van der Waals surface area contributed by atoms with Crippen LogP contribution in [0.1, 0.15) is 24.8 Å². The summed E-state index contributed by atoms with van der Waals surface area (Å²) in [7, 11) is 0. The fraction of sp³-hybridized carbons (Fsp3) is 0.211. The predicted octanol–water partition coefficient (Wildman–Crippen LogP) is 4.62. The second kappa shape index (κ2) is 7.32. The molecule has 1 heterocycles. The zero-order chi connectivity index (χ0) is 20.4. The summed E-state index contributed by atoms with van der Waals surface area (Å²) in [4.78, 5) is 0. The number of nitriles is 1. The van der Waals surface area contributed by atoms with Crippen molar-refractivity contribution < 1.29 is 22.7 Å². The van der Waals surface area contributed by atoms with Gasteiger partial charge in [0.15, 0.2) is 5.60 Å². The van der Waals surface area contributed by atoms with E-state index in [4.69, 9.17) is 9.68 Å². The smallest absolute Gasteiger partial charge is 0.416 e. The SMILES string of the molecule is CC(O)(CC#N)c1nnc(-c2ccccc2Nc2ccc(C(F)(F)F)cc2)o1. The Balaban J connectivity index is 1.89. The molecule has 6 nitrogen and oxygen atoms in total. The van der Waals surface area contributed by atoms with Crippen molar-refractivity contribution in [1.82, 2.24) is 10.2 Å². The molecule has 2 aromatic carbocycles. The van der Waals surface area contributed by atoms with Crippen LogP contribution in [0.2, 0.25) is 0 Å². The largest absolute Gasteiger partial charge is 0.417 e. The number of nitrogens with zero attached hydrogens (tertiary/aromatic N) is 3. The first kappa shape index (κ1) is 19.4. The van der Waals surface area contributed by atoms with E-state index in [1.807, 2.05) is 6.07 Å². The molecular weight excluding hydrogens is 373 g/mol. The molecule has 3 rings (SSSR count). The maximum atomic E-state index is 12.7. The maximum Gasteiger partial charge on any atom is 0.416 e. The Labute approximate surface area is 158 Å². The number of para-hydroxylation sites is 1. The molecule has 0 aliphatic rings. The van der Waals surface area contributed by atoms with Crippen LogP contribution in [0.15, 0.2) is 52.9 Å². The van der Waals surface area contributed by atoms with Crippen molar-refractivity contribution in [2.75, 3.05) is 5.32 Å². The van der Waals surface area contributed by atoms with Gasteiger partial charge in [0.05, 0.1) is 29.3 Å². The minimum atomic E-state index is -4.41. The van der Waals surface area contributed by atoms with E-state index in [1.165, 1.54) is 19.1 Å². The number of rotatable bonds is 5. The standard InChI is InChI=1S/C19H15F3N4O2/c1-18(27,10-11-23)17-26-25-16(28-17)14-4-2-3-5-15(14)24-13-8-6-12(7-9-13)19(20,21)22/h2-9,24,27H,10H2,1H3. The summed E-state index contributed by atoms with van der Waals surface area (Å²) in [5.41, 5.74) is -0.869. The number of benzene rings is 2. The van der Waals surface area contributed by atoms with E-state index in [2.05, 4.69) is 15.5 Å². The number of hydrogen-bond donors (Lipinski definition) is 2. The lowest BCUT2D eigenvalue weighted by Crippen LogP contribution is -2.20. The highest BCUT2D eigenvalue weighted by molar-refractivity contribution is 5.76. The van der Waals surface area contributed by atoms with E-state index in [0.29, 0.717) is 16.9 Å². The summed E-state index contributed by atoms with van der Waals surface area (Å²) in [6.45, 7) is 1.39. The minimum Gasteiger partial charge on any atom is -0.417 e. The number of aliphatic hydroxyl groups is 1. The Morgan fingerprint density at radius 2 is 1.79 bits per heavy atom. The normalized spacial score (nSPS) is 13.6. The van der Waals surface area contributed by atoms with Gasteiger partial charge in [0.1, 0.15) is 0 Å². The molecule has 2 N–H and O–H groups in total. The first-order chi connectivity index (χ1) is 13.2. The number of hydrogen-bond acceptors (Lipinski definition) is 6. The van der Waals surface area contributed by atoms with E-state index in [9.17, 15) is 18.3 Å². The highest BCUT2D eigenvalue weighted by Crippen LogP contribution is 2.33. The van der Waals surface area contributed by atoms with Crippen LogP contribution < -0.4 is 5.32 Å². The summed E-state index contributed by atoms with van der Waals surface area (Å²) < 4.78 is 43.6. The average Bonchev–Trinajstić information content (AvgIpc) is 3.13. The monoisotopic (exact) mass is 388 g/mol. The van der Waals surface area contributed by atoms with Gasteiger partial charge in [-0.2, -0.15) is 18.4 Å². The molecule has 28 heavy (non-hydrogen) atoms. The molecule has 144 valence electrons. The lowest BCUT2D eigenvalue weighted by atomic mass is 10.0. The predicted molar refractivity (Wildman–Crippen MR) is 94.3 cm³/mol. The van der Waals surface area contributed by atoms with Crippen LogP contribution in [-0.4, -0.2) is 15.3 Å². The summed E-state index contributed by atoms with van der Waals surface area (Å²) in [6, 6.07) is 13.3. The summed E-state index contributed by atoms with van der Waals surface area (Å²) in [5, 5.41) is 29.7. The highest BCUT2D eigenvalue weighted by Gasteiger charge is 2.31.